The first-order valence-electron chi connectivity index (χ1n) is 10.8. The van der Waals surface area contributed by atoms with E-state index in [2.05, 4.69) is 51.7 Å². The van der Waals surface area contributed by atoms with Gasteiger partial charge in [-0.3, -0.25) is 9.97 Å². The van der Waals surface area contributed by atoms with E-state index in [1.807, 2.05) is 30.3 Å². The first-order valence-corrected chi connectivity index (χ1v) is 14.2. The van der Waals surface area contributed by atoms with Crippen LogP contribution in [-0.4, -0.2) is 45.5 Å². The number of ether oxygens (including phenoxy) is 1. The van der Waals surface area contributed by atoms with Crippen LogP contribution in [-0.2, 0) is 4.57 Å². The van der Waals surface area contributed by atoms with Gasteiger partial charge < -0.3 is 24.5 Å². The molecule has 2 N–H and O–H groups in total. The van der Waals surface area contributed by atoms with Crippen LogP contribution in [0.3, 0.4) is 0 Å². The van der Waals surface area contributed by atoms with Gasteiger partial charge in [-0.25, -0.2) is 4.98 Å². The Labute approximate surface area is 215 Å². The van der Waals surface area contributed by atoms with Crippen LogP contribution in [0.1, 0.15) is 0 Å². The number of methoxy groups -OCH3 is 1. The highest BCUT2D eigenvalue weighted by Gasteiger charge is 2.22. The lowest BCUT2D eigenvalue weighted by molar-refractivity contribution is 0.416. The molecule has 0 bridgehead atoms. The van der Waals surface area contributed by atoms with E-state index in [9.17, 15) is 4.57 Å². The van der Waals surface area contributed by atoms with Crippen molar-refractivity contribution in [3.63, 3.8) is 0 Å². The zero-order valence-electron chi connectivity index (χ0n) is 19.6. The molecule has 0 aliphatic carbocycles. The van der Waals surface area contributed by atoms with Gasteiger partial charge in [0.25, 0.3) is 0 Å². The van der Waals surface area contributed by atoms with Crippen molar-refractivity contribution in [3.05, 3.63) is 65.9 Å². The predicted molar refractivity (Wildman–Crippen MR) is 143 cm³/mol. The van der Waals surface area contributed by atoms with E-state index in [4.69, 9.17) is 9.26 Å². The third-order valence-corrected chi connectivity index (χ3v) is 7.47. The second kappa shape index (κ2) is 9.67. The first kappa shape index (κ1) is 23.9. The fourth-order valence-electron chi connectivity index (χ4n) is 3.76. The van der Waals surface area contributed by atoms with Gasteiger partial charge >= 0.3 is 0 Å². The quantitative estimate of drug-likeness (QED) is 0.241. The van der Waals surface area contributed by atoms with Crippen molar-refractivity contribution in [2.24, 2.45) is 0 Å². The molecule has 2 aromatic carbocycles. The number of aromatic nitrogens is 5. The van der Waals surface area contributed by atoms with Crippen LogP contribution in [0, 0.1) is 0 Å². The Kier molecular flexibility index (Phi) is 6.42. The maximum Gasteiger partial charge on any atom is 0.229 e. The highest BCUT2D eigenvalue weighted by molar-refractivity contribution is 9.10. The number of anilines is 4. The molecule has 3 heterocycles. The van der Waals surface area contributed by atoms with Crippen LogP contribution in [0.25, 0.3) is 22.2 Å². The fraction of sp³-hybridized carbons (Fsp3) is 0.125. The van der Waals surface area contributed by atoms with Gasteiger partial charge in [-0.1, -0.05) is 11.2 Å². The Morgan fingerprint density at radius 2 is 1.81 bits per heavy atom. The molecule has 0 aliphatic rings. The van der Waals surface area contributed by atoms with Gasteiger partial charge in [-0.05, 0) is 59.1 Å². The lowest BCUT2D eigenvalue weighted by atomic mass is 10.1. The molecule has 10 nitrogen and oxygen atoms in total. The van der Waals surface area contributed by atoms with E-state index >= 15 is 0 Å². The van der Waals surface area contributed by atoms with Crippen molar-refractivity contribution in [2.75, 3.05) is 31.1 Å². The van der Waals surface area contributed by atoms with Gasteiger partial charge in [0.05, 0.1) is 40.0 Å². The second-order valence-corrected chi connectivity index (χ2v) is 12.2. The molecule has 0 saturated heterocycles. The molecule has 0 spiro atoms. The van der Waals surface area contributed by atoms with Crippen molar-refractivity contribution in [1.82, 2.24) is 25.1 Å². The SMILES string of the molecule is COc1ccc(-c2cnoc2)cc1Nc1ncc(Br)c(Nc2ccc3nccnc3c2P(C)(C)=O)n1. The van der Waals surface area contributed by atoms with Gasteiger partial charge in [-0.15, -0.1) is 0 Å². The molecule has 12 heteroatoms. The molecule has 0 unspecified atom stereocenters. The van der Waals surface area contributed by atoms with Crippen molar-refractivity contribution < 1.29 is 13.8 Å². The number of benzene rings is 2. The van der Waals surface area contributed by atoms with Crippen LogP contribution in [0.4, 0.5) is 23.1 Å². The Balaban J connectivity index is 1.52. The summed E-state index contributed by atoms with van der Waals surface area (Å²) in [6.07, 6.45) is 8.03. The standard InChI is InChI=1S/C24H21BrN7O3P/c1-34-20-7-4-14(15-11-29-35-13-15)10-19(20)31-24-28-12-16(25)23(32-24)30-18-6-5-17-21(27-9-8-26-17)22(18)36(2,3)33/h4-13H,1-3H3,(H2,28,30,31,32). The second-order valence-electron chi connectivity index (χ2n) is 8.20. The van der Waals surface area contributed by atoms with Crippen molar-refractivity contribution in [2.45, 2.75) is 0 Å². The van der Waals surface area contributed by atoms with E-state index in [0.29, 0.717) is 49.7 Å². The molecule has 36 heavy (non-hydrogen) atoms. The lowest BCUT2D eigenvalue weighted by Gasteiger charge is -2.18. The third kappa shape index (κ3) is 4.80. The summed E-state index contributed by atoms with van der Waals surface area (Å²) in [5.41, 5.74) is 4.28. The van der Waals surface area contributed by atoms with E-state index in [1.165, 1.54) is 0 Å². The molecule has 182 valence electrons. The van der Waals surface area contributed by atoms with Gasteiger partial charge in [0, 0.05) is 24.2 Å². The van der Waals surface area contributed by atoms with Crippen molar-refractivity contribution >= 4 is 62.6 Å². The summed E-state index contributed by atoms with van der Waals surface area (Å²) in [6, 6.07) is 9.31. The number of nitrogens with zero attached hydrogens (tertiary/aromatic N) is 5. The summed E-state index contributed by atoms with van der Waals surface area (Å²) in [5.74, 6) is 1.43. The number of nitrogens with one attached hydrogen (secondary N) is 2. The monoisotopic (exact) mass is 565 g/mol. The zero-order chi connectivity index (χ0) is 25.3. The predicted octanol–water partition coefficient (Wildman–Crippen LogP) is 5.58. The smallest absolute Gasteiger partial charge is 0.229 e. The van der Waals surface area contributed by atoms with Crippen LogP contribution in [0.5, 0.6) is 5.75 Å². The summed E-state index contributed by atoms with van der Waals surface area (Å²) in [6.45, 7) is 3.41. The first-order chi connectivity index (χ1) is 17.3. The maximum atomic E-state index is 13.2. The Bertz CT molecular complexity index is 1610. The maximum absolute atomic E-state index is 13.2. The van der Waals surface area contributed by atoms with Crippen LogP contribution in [0.2, 0.25) is 0 Å². The number of halogens is 1. The molecule has 3 aromatic heterocycles. The largest absolute Gasteiger partial charge is 0.495 e. The lowest BCUT2D eigenvalue weighted by Crippen LogP contribution is -2.14. The van der Waals surface area contributed by atoms with E-state index in [-0.39, 0.29) is 0 Å². The minimum Gasteiger partial charge on any atom is -0.495 e. The number of rotatable bonds is 7. The van der Waals surface area contributed by atoms with Gasteiger partial charge in [0.2, 0.25) is 5.95 Å². The van der Waals surface area contributed by atoms with Crippen LogP contribution >= 0.6 is 23.1 Å². The fourth-order valence-corrected chi connectivity index (χ4v) is 5.45. The van der Waals surface area contributed by atoms with E-state index < -0.39 is 7.14 Å². The van der Waals surface area contributed by atoms with Gasteiger partial charge in [0.15, 0.2) is 0 Å². The van der Waals surface area contributed by atoms with Crippen molar-refractivity contribution in [3.8, 4) is 16.9 Å². The van der Waals surface area contributed by atoms with Crippen LogP contribution < -0.4 is 20.7 Å². The highest BCUT2D eigenvalue weighted by atomic mass is 79.9. The molecular formula is C24H21BrN7O3P. The van der Waals surface area contributed by atoms with Crippen molar-refractivity contribution in [1.29, 1.82) is 0 Å². The van der Waals surface area contributed by atoms with E-state index in [0.717, 1.165) is 11.1 Å². The summed E-state index contributed by atoms with van der Waals surface area (Å²) in [4.78, 5) is 17.8. The summed E-state index contributed by atoms with van der Waals surface area (Å²) >= 11 is 3.51. The highest BCUT2D eigenvalue weighted by Crippen LogP contribution is 2.41. The molecule has 0 atom stereocenters. The van der Waals surface area contributed by atoms with E-state index in [1.54, 1.807) is 51.5 Å². The minimum absolute atomic E-state index is 0.333. The molecule has 0 radical (unpaired) electrons. The number of hydrogen-bond donors (Lipinski definition) is 2. The minimum atomic E-state index is -2.73. The third-order valence-electron chi connectivity index (χ3n) is 5.36. The summed E-state index contributed by atoms with van der Waals surface area (Å²) in [5, 5.41) is 10.9. The van der Waals surface area contributed by atoms with Crippen LogP contribution in [0.15, 0.2) is 70.4 Å². The summed E-state index contributed by atoms with van der Waals surface area (Å²) < 4.78 is 24.3. The number of fused-ring (bicyclic) bond motifs is 1. The molecule has 0 fully saturated rings. The molecule has 0 amide bonds. The topological polar surface area (TPSA) is 128 Å². The molecule has 5 aromatic rings. The normalized spacial score (nSPS) is 11.4. The molecule has 0 saturated carbocycles. The number of hydrogen-bond acceptors (Lipinski definition) is 10. The van der Waals surface area contributed by atoms with Gasteiger partial charge in [-0.2, -0.15) is 4.98 Å². The Morgan fingerprint density at radius 1 is 0.972 bits per heavy atom. The molecular weight excluding hydrogens is 545 g/mol. The Hall–Kier alpha value is -3.82. The molecule has 0 aliphatic heterocycles. The Morgan fingerprint density at radius 3 is 2.56 bits per heavy atom. The average molecular weight is 566 g/mol. The zero-order valence-corrected chi connectivity index (χ0v) is 22.0. The average Bonchev–Trinajstić information content (AvgIpc) is 3.40. The summed E-state index contributed by atoms with van der Waals surface area (Å²) in [7, 11) is -1.14. The molecule has 5 rings (SSSR count). The van der Waals surface area contributed by atoms with Gasteiger partial charge in [0.1, 0.15) is 30.5 Å².